The third-order valence-corrected chi connectivity index (χ3v) is 8.14. The minimum absolute atomic E-state index is 0.194. The average molecular weight is 494 g/mol. The van der Waals surface area contributed by atoms with Crippen LogP contribution < -0.4 is 14.5 Å². The summed E-state index contributed by atoms with van der Waals surface area (Å²) in [7, 11) is -2.11. The van der Waals surface area contributed by atoms with Crippen LogP contribution in [0, 0.1) is 0 Å². The van der Waals surface area contributed by atoms with Gasteiger partial charge in [0, 0.05) is 42.8 Å². The molecule has 4 aromatic rings. The maximum atomic E-state index is 13.7. The Morgan fingerprint density at radius 3 is 2.29 bits per heavy atom. The van der Waals surface area contributed by atoms with Gasteiger partial charge in [0.25, 0.3) is 0 Å². The molecule has 0 saturated carbocycles. The lowest BCUT2D eigenvalue weighted by Crippen LogP contribution is -2.47. The maximum absolute atomic E-state index is 13.7. The molecule has 1 saturated heterocycles. The van der Waals surface area contributed by atoms with Gasteiger partial charge in [0.15, 0.2) is 0 Å². The molecular formula is C26H24ClN3O3S. The van der Waals surface area contributed by atoms with Crippen molar-refractivity contribution >= 4 is 43.7 Å². The first-order valence-electron chi connectivity index (χ1n) is 11.0. The highest BCUT2D eigenvalue weighted by molar-refractivity contribution is 7.91. The second-order valence-electron chi connectivity index (χ2n) is 8.09. The zero-order chi connectivity index (χ0) is 23.7. The Bertz CT molecular complexity index is 1440. The van der Waals surface area contributed by atoms with Crippen molar-refractivity contribution in [2.75, 3.05) is 43.1 Å². The Hall–Kier alpha value is -3.29. The van der Waals surface area contributed by atoms with Crippen LogP contribution in [0.2, 0.25) is 5.02 Å². The Morgan fingerprint density at radius 2 is 1.56 bits per heavy atom. The number of aromatic nitrogens is 1. The fourth-order valence-corrected chi connectivity index (χ4v) is 6.07. The van der Waals surface area contributed by atoms with E-state index >= 15 is 0 Å². The Morgan fingerprint density at radius 1 is 0.882 bits per heavy atom. The van der Waals surface area contributed by atoms with Gasteiger partial charge in [0.2, 0.25) is 9.84 Å². The zero-order valence-electron chi connectivity index (χ0n) is 18.7. The van der Waals surface area contributed by atoms with Crippen LogP contribution >= 0.6 is 11.6 Å². The van der Waals surface area contributed by atoms with Crippen LogP contribution in [0.5, 0.6) is 5.75 Å². The fraction of sp³-hybridized carbons (Fsp3) is 0.192. The number of benzene rings is 3. The van der Waals surface area contributed by atoms with E-state index in [1.54, 1.807) is 49.6 Å². The predicted molar refractivity (Wildman–Crippen MR) is 136 cm³/mol. The van der Waals surface area contributed by atoms with E-state index in [1.165, 1.54) is 6.20 Å². The first-order chi connectivity index (χ1) is 16.5. The maximum Gasteiger partial charge on any atom is 0.210 e. The summed E-state index contributed by atoms with van der Waals surface area (Å²) in [6, 6.07) is 21.8. The number of nitrogens with zero attached hydrogens (tertiary/aromatic N) is 3. The van der Waals surface area contributed by atoms with Gasteiger partial charge in [-0.15, -0.1) is 0 Å². The minimum atomic E-state index is -3.78. The van der Waals surface area contributed by atoms with Crippen molar-refractivity contribution < 1.29 is 13.2 Å². The molecule has 174 valence electrons. The number of hydrogen-bond acceptors (Lipinski definition) is 6. The molecule has 0 N–H and O–H groups in total. The molecule has 34 heavy (non-hydrogen) atoms. The number of para-hydroxylation sites is 2. The molecular weight excluding hydrogens is 470 g/mol. The molecule has 8 heteroatoms. The highest BCUT2D eigenvalue weighted by Gasteiger charge is 2.29. The molecule has 0 aliphatic carbocycles. The second-order valence-corrected chi connectivity index (χ2v) is 10.4. The molecule has 5 rings (SSSR count). The number of hydrogen-bond donors (Lipinski definition) is 0. The standard InChI is InChI=1S/C26H24ClN3O3S/c1-33-24-10-6-5-9-23(24)29-13-15-30(16-14-29)26-21-17-19(27)11-12-22(21)28-18-25(26)34(31,32)20-7-3-2-4-8-20/h2-12,17-18H,13-16H2,1H3. The van der Waals surface area contributed by atoms with Crippen LogP contribution in [-0.2, 0) is 9.84 Å². The number of fused-ring (bicyclic) bond motifs is 1. The normalized spacial score (nSPS) is 14.4. The number of piperazine rings is 1. The molecule has 0 unspecified atom stereocenters. The van der Waals surface area contributed by atoms with Crippen molar-refractivity contribution in [3.8, 4) is 5.75 Å². The quantitative estimate of drug-likeness (QED) is 0.387. The summed E-state index contributed by atoms with van der Waals surface area (Å²) in [6.07, 6.45) is 1.47. The smallest absolute Gasteiger partial charge is 0.210 e. The number of ether oxygens (including phenoxy) is 1. The van der Waals surface area contributed by atoms with Gasteiger partial charge >= 0.3 is 0 Å². The van der Waals surface area contributed by atoms with Crippen LogP contribution in [-0.4, -0.2) is 46.7 Å². The molecule has 0 amide bonds. The largest absolute Gasteiger partial charge is 0.495 e. The molecule has 3 aromatic carbocycles. The van der Waals surface area contributed by atoms with Crippen LogP contribution in [0.1, 0.15) is 0 Å². The van der Waals surface area contributed by atoms with E-state index < -0.39 is 9.84 Å². The Kier molecular flexibility index (Phi) is 6.06. The van der Waals surface area contributed by atoms with Gasteiger partial charge in [-0.25, -0.2) is 8.42 Å². The SMILES string of the molecule is COc1ccccc1N1CCN(c2c(S(=O)(=O)c3ccccc3)cnc3ccc(Cl)cc23)CC1. The van der Waals surface area contributed by atoms with Crippen LogP contribution in [0.4, 0.5) is 11.4 Å². The zero-order valence-corrected chi connectivity index (χ0v) is 20.3. The van der Waals surface area contributed by atoms with E-state index in [1.807, 2.05) is 30.3 Å². The minimum Gasteiger partial charge on any atom is -0.495 e. The lowest BCUT2D eigenvalue weighted by Gasteiger charge is -2.38. The van der Waals surface area contributed by atoms with Crippen molar-refractivity contribution in [3.05, 3.63) is 84.0 Å². The van der Waals surface area contributed by atoms with E-state index in [4.69, 9.17) is 16.3 Å². The topological polar surface area (TPSA) is 62.7 Å². The molecule has 0 spiro atoms. The van der Waals surface area contributed by atoms with E-state index in [0.29, 0.717) is 29.3 Å². The number of anilines is 2. The number of sulfone groups is 1. The van der Waals surface area contributed by atoms with Gasteiger partial charge in [0.1, 0.15) is 10.6 Å². The fourth-order valence-electron chi connectivity index (χ4n) is 4.44. The summed E-state index contributed by atoms with van der Waals surface area (Å²) >= 11 is 6.33. The Labute approximate surface area is 204 Å². The molecule has 6 nitrogen and oxygen atoms in total. The van der Waals surface area contributed by atoms with E-state index in [2.05, 4.69) is 14.8 Å². The molecule has 1 fully saturated rings. The summed E-state index contributed by atoms with van der Waals surface area (Å²) in [5.74, 6) is 0.824. The molecule has 0 atom stereocenters. The lowest BCUT2D eigenvalue weighted by molar-refractivity contribution is 0.413. The first-order valence-corrected chi connectivity index (χ1v) is 12.9. The molecule has 0 bridgehead atoms. The van der Waals surface area contributed by atoms with Gasteiger partial charge in [-0.3, -0.25) is 4.98 Å². The van der Waals surface area contributed by atoms with Crippen LogP contribution in [0.3, 0.4) is 0 Å². The average Bonchev–Trinajstić information content (AvgIpc) is 2.88. The van der Waals surface area contributed by atoms with Gasteiger partial charge in [-0.1, -0.05) is 41.9 Å². The summed E-state index contributed by atoms with van der Waals surface area (Å²) in [5.41, 5.74) is 2.39. The van der Waals surface area contributed by atoms with E-state index in [0.717, 1.165) is 29.9 Å². The van der Waals surface area contributed by atoms with Gasteiger partial charge in [-0.05, 0) is 42.5 Å². The number of methoxy groups -OCH3 is 1. The van der Waals surface area contributed by atoms with Crippen LogP contribution in [0.15, 0.2) is 88.8 Å². The molecule has 0 radical (unpaired) electrons. The number of rotatable bonds is 5. The monoisotopic (exact) mass is 493 g/mol. The van der Waals surface area contributed by atoms with Gasteiger partial charge in [0.05, 0.1) is 28.9 Å². The van der Waals surface area contributed by atoms with Crippen molar-refractivity contribution in [2.24, 2.45) is 0 Å². The predicted octanol–water partition coefficient (Wildman–Crippen LogP) is 5.06. The van der Waals surface area contributed by atoms with Crippen molar-refractivity contribution in [3.63, 3.8) is 0 Å². The summed E-state index contributed by atoms with van der Waals surface area (Å²) in [6.45, 7) is 2.72. The highest BCUT2D eigenvalue weighted by Crippen LogP contribution is 2.38. The van der Waals surface area contributed by atoms with Gasteiger partial charge in [-0.2, -0.15) is 0 Å². The summed E-state index contributed by atoms with van der Waals surface area (Å²) in [4.78, 5) is 9.29. The molecule has 1 aliphatic rings. The van der Waals surface area contributed by atoms with Crippen molar-refractivity contribution in [1.29, 1.82) is 0 Å². The first kappa shape index (κ1) is 22.5. The third-order valence-electron chi connectivity index (χ3n) is 6.13. The van der Waals surface area contributed by atoms with Crippen LogP contribution in [0.25, 0.3) is 10.9 Å². The summed E-state index contributed by atoms with van der Waals surface area (Å²) < 4.78 is 32.9. The van der Waals surface area contributed by atoms with E-state index in [9.17, 15) is 8.42 Å². The molecule has 1 aromatic heterocycles. The molecule has 2 heterocycles. The number of pyridine rings is 1. The second kappa shape index (κ2) is 9.16. The highest BCUT2D eigenvalue weighted by atomic mass is 35.5. The molecule has 1 aliphatic heterocycles. The van der Waals surface area contributed by atoms with Crippen molar-refractivity contribution in [1.82, 2.24) is 4.98 Å². The third kappa shape index (κ3) is 4.06. The summed E-state index contributed by atoms with van der Waals surface area (Å²) in [5, 5.41) is 1.27. The van der Waals surface area contributed by atoms with Crippen molar-refractivity contribution in [2.45, 2.75) is 9.79 Å². The Balaban J connectivity index is 1.58. The van der Waals surface area contributed by atoms with E-state index in [-0.39, 0.29) is 9.79 Å². The lowest BCUT2D eigenvalue weighted by atomic mass is 10.1. The number of halogens is 1. The van der Waals surface area contributed by atoms with Gasteiger partial charge < -0.3 is 14.5 Å².